The fourth-order valence-corrected chi connectivity index (χ4v) is 3.60. The van der Waals surface area contributed by atoms with Gasteiger partial charge < -0.3 is 9.47 Å². The number of anilines is 1. The van der Waals surface area contributed by atoms with Crippen LogP contribution in [0.1, 0.15) is 45.2 Å². The first kappa shape index (κ1) is 23.5. The van der Waals surface area contributed by atoms with Gasteiger partial charge in [0.25, 0.3) is 0 Å². The number of carbonyl (C=O) groups excluding carboxylic acids is 1. The van der Waals surface area contributed by atoms with Crippen molar-refractivity contribution in [2.75, 3.05) is 12.0 Å². The Bertz CT molecular complexity index is 1090. The molecular formula is C24H27ClN4O3. The SMILES string of the molecule is COc1ccc2c(c1)C(c1ccc(Cl)cc1)=NC(CC(=O)OC(C)(C)C)C(=N)N2C(C)=N. The lowest BCUT2D eigenvalue weighted by atomic mass is 9.99. The molecule has 7 nitrogen and oxygen atoms in total. The van der Waals surface area contributed by atoms with Gasteiger partial charge in [-0.05, 0) is 58.0 Å². The third-order valence-corrected chi connectivity index (χ3v) is 5.03. The Balaban J connectivity index is 2.20. The Hall–Kier alpha value is -3.19. The third-order valence-electron chi connectivity index (χ3n) is 4.77. The zero-order valence-corrected chi connectivity index (χ0v) is 19.6. The number of benzodiazepines with no additional fused rings is 1. The van der Waals surface area contributed by atoms with Gasteiger partial charge in [0, 0.05) is 16.1 Å². The van der Waals surface area contributed by atoms with E-state index < -0.39 is 17.6 Å². The number of nitrogens with zero attached hydrogens (tertiary/aromatic N) is 2. The molecule has 1 unspecified atom stereocenters. The molecule has 1 atom stereocenters. The highest BCUT2D eigenvalue weighted by molar-refractivity contribution is 6.31. The highest BCUT2D eigenvalue weighted by Crippen LogP contribution is 2.33. The Kier molecular flexibility index (Phi) is 6.69. The van der Waals surface area contributed by atoms with Crippen LogP contribution in [-0.2, 0) is 9.53 Å². The van der Waals surface area contributed by atoms with Crippen LogP contribution in [0, 0.1) is 10.8 Å². The molecule has 1 heterocycles. The van der Waals surface area contributed by atoms with Crippen LogP contribution in [0.5, 0.6) is 5.75 Å². The van der Waals surface area contributed by atoms with Crippen molar-refractivity contribution in [3.63, 3.8) is 0 Å². The highest BCUT2D eigenvalue weighted by Gasteiger charge is 2.33. The Labute approximate surface area is 193 Å². The van der Waals surface area contributed by atoms with Crippen molar-refractivity contribution in [3.05, 3.63) is 58.6 Å². The van der Waals surface area contributed by atoms with Crippen molar-refractivity contribution < 1.29 is 14.3 Å². The number of fused-ring (bicyclic) bond motifs is 1. The molecular weight excluding hydrogens is 428 g/mol. The quantitative estimate of drug-likeness (QED) is 0.382. The summed E-state index contributed by atoms with van der Waals surface area (Å²) in [5.74, 6) is 0.324. The fraction of sp³-hybridized carbons (Fsp3) is 0.333. The van der Waals surface area contributed by atoms with E-state index in [4.69, 9.17) is 36.9 Å². The summed E-state index contributed by atoms with van der Waals surface area (Å²) in [5.41, 5.74) is 2.01. The predicted molar refractivity (Wildman–Crippen MR) is 128 cm³/mol. The first-order chi connectivity index (χ1) is 15.0. The van der Waals surface area contributed by atoms with Gasteiger partial charge in [0.1, 0.15) is 29.1 Å². The lowest BCUT2D eigenvalue weighted by Gasteiger charge is -2.27. The molecule has 0 amide bonds. The van der Waals surface area contributed by atoms with Crippen molar-refractivity contribution in [1.82, 2.24) is 0 Å². The van der Waals surface area contributed by atoms with Crippen LogP contribution in [0.25, 0.3) is 0 Å². The molecule has 3 rings (SSSR count). The fourth-order valence-electron chi connectivity index (χ4n) is 3.47. The summed E-state index contributed by atoms with van der Waals surface area (Å²) in [4.78, 5) is 19.0. The standard InChI is InChI=1S/C24H27ClN4O3/c1-14(26)29-20-11-10-17(31-5)12-18(20)22(15-6-8-16(25)9-7-15)28-19(23(29)27)13-21(30)32-24(2,3)4/h6-12,19,26-27H,13H2,1-5H3. The smallest absolute Gasteiger partial charge is 0.308 e. The minimum atomic E-state index is -0.839. The van der Waals surface area contributed by atoms with Gasteiger partial charge in [-0.25, -0.2) is 0 Å². The van der Waals surface area contributed by atoms with Crippen LogP contribution in [0.2, 0.25) is 5.02 Å². The minimum Gasteiger partial charge on any atom is -0.497 e. The largest absolute Gasteiger partial charge is 0.497 e. The van der Waals surface area contributed by atoms with Crippen LogP contribution in [0.15, 0.2) is 47.5 Å². The van der Waals surface area contributed by atoms with Crippen LogP contribution >= 0.6 is 11.6 Å². The zero-order valence-electron chi connectivity index (χ0n) is 18.8. The normalized spacial score (nSPS) is 16.1. The maximum Gasteiger partial charge on any atom is 0.308 e. The van der Waals surface area contributed by atoms with Crippen molar-refractivity contribution in [2.24, 2.45) is 4.99 Å². The number of hydrogen-bond acceptors (Lipinski definition) is 6. The molecule has 1 aliphatic heterocycles. The van der Waals surface area contributed by atoms with Gasteiger partial charge in [-0.15, -0.1) is 0 Å². The summed E-state index contributed by atoms with van der Waals surface area (Å²) in [6.07, 6.45) is -0.123. The second-order valence-corrected chi connectivity index (χ2v) is 8.92. The number of aliphatic imine (C=N–C) groups is 1. The number of methoxy groups -OCH3 is 1. The van der Waals surface area contributed by atoms with Crippen LogP contribution < -0.4 is 9.64 Å². The molecule has 0 aliphatic carbocycles. The van der Waals surface area contributed by atoms with E-state index in [0.29, 0.717) is 27.7 Å². The van der Waals surface area contributed by atoms with E-state index in [9.17, 15) is 4.79 Å². The first-order valence-corrected chi connectivity index (χ1v) is 10.6. The van der Waals surface area contributed by atoms with Crippen molar-refractivity contribution in [3.8, 4) is 5.75 Å². The summed E-state index contributed by atoms with van der Waals surface area (Å²) in [6, 6.07) is 11.8. The van der Waals surface area contributed by atoms with Crippen molar-refractivity contribution in [2.45, 2.75) is 45.8 Å². The van der Waals surface area contributed by atoms with Crippen molar-refractivity contribution in [1.29, 1.82) is 10.8 Å². The van der Waals surface area contributed by atoms with Crippen LogP contribution in [-0.4, -0.2) is 42.1 Å². The number of esters is 1. The molecule has 0 bridgehead atoms. The molecule has 0 fully saturated rings. The minimum absolute atomic E-state index is 0.0266. The molecule has 0 spiro atoms. The van der Waals surface area contributed by atoms with Crippen molar-refractivity contribution >= 4 is 40.6 Å². The average Bonchev–Trinajstić information content (AvgIpc) is 2.81. The Morgan fingerprint density at radius 3 is 2.41 bits per heavy atom. The third kappa shape index (κ3) is 5.16. The number of rotatable bonds is 4. The maximum absolute atomic E-state index is 12.6. The molecule has 2 aromatic rings. The van der Waals surface area contributed by atoms with E-state index in [0.717, 1.165) is 5.56 Å². The summed E-state index contributed by atoms with van der Waals surface area (Å²) < 4.78 is 10.9. The van der Waals surface area contributed by atoms with Gasteiger partial charge in [0.15, 0.2) is 0 Å². The first-order valence-electron chi connectivity index (χ1n) is 10.2. The van der Waals surface area contributed by atoms with Crippen LogP contribution in [0.3, 0.4) is 0 Å². The van der Waals surface area contributed by atoms with Gasteiger partial charge in [0.2, 0.25) is 0 Å². The van der Waals surface area contributed by atoms with Gasteiger partial charge in [0.05, 0.1) is 24.9 Å². The van der Waals surface area contributed by atoms with E-state index in [1.165, 1.54) is 4.90 Å². The van der Waals surface area contributed by atoms with E-state index in [1.807, 2.05) is 18.2 Å². The molecule has 1 aliphatic rings. The number of amidine groups is 2. The van der Waals surface area contributed by atoms with Gasteiger partial charge in [-0.3, -0.25) is 25.5 Å². The Morgan fingerprint density at radius 1 is 1.19 bits per heavy atom. The van der Waals surface area contributed by atoms with E-state index in [2.05, 4.69) is 0 Å². The second-order valence-electron chi connectivity index (χ2n) is 8.48. The number of carbonyl (C=O) groups is 1. The average molecular weight is 455 g/mol. The number of hydrogen-bond donors (Lipinski definition) is 2. The van der Waals surface area contributed by atoms with Gasteiger partial charge in [-0.2, -0.15) is 0 Å². The summed E-state index contributed by atoms with van der Waals surface area (Å²) in [5, 5.41) is 17.7. The van der Waals surface area contributed by atoms with Crippen LogP contribution in [0.4, 0.5) is 5.69 Å². The molecule has 168 valence electrons. The Morgan fingerprint density at radius 2 is 1.84 bits per heavy atom. The summed E-state index contributed by atoms with van der Waals surface area (Å²) >= 11 is 6.09. The highest BCUT2D eigenvalue weighted by atomic mass is 35.5. The predicted octanol–water partition coefficient (Wildman–Crippen LogP) is 5.08. The van der Waals surface area contributed by atoms with E-state index in [-0.39, 0.29) is 18.1 Å². The molecule has 8 heteroatoms. The molecule has 0 saturated carbocycles. The number of nitrogens with one attached hydrogen (secondary N) is 2. The topological polar surface area (TPSA) is 98.8 Å². The molecule has 2 aromatic carbocycles. The van der Waals surface area contributed by atoms with E-state index >= 15 is 0 Å². The monoisotopic (exact) mass is 454 g/mol. The summed E-state index contributed by atoms with van der Waals surface area (Å²) in [6.45, 7) is 6.98. The zero-order chi connectivity index (χ0) is 23.6. The van der Waals surface area contributed by atoms with Gasteiger partial charge in [-0.1, -0.05) is 23.7 Å². The molecule has 0 aromatic heterocycles. The second kappa shape index (κ2) is 9.12. The van der Waals surface area contributed by atoms with E-state index in [1.54, 1.807) is 59.1 Å². The lowest BCUT2D eigenvalue weighted by Crippen LogP contribution is -2.41. The summed E-state index contributed by atoms with van der Waals surface area (Å²) in [7, 11) is 1.57. The maximum atomic E-state index is 12.6. The molecule has 0 radical (unpaired) electrons. The number of halogens is 1. The number of benzene rings is 2. The molecule has 0 saturated heterocycles. The molecule has 32 heavy (non-hydrogen) atoms. The van der Waals surface area contributed by atoms with Gasteiger partial charge >= 0.3 is 5.97 Å². The lowest BCUT2D eigenvalue weighted by molar-refractivity contribution is -0.154. The molecule has 2 N–H and O–H groups in total. The number of ether oxygens (including phenoxy) is 2.